The number of amides is 1. The third-order valence-electron chi connectivity index (χ3n) is 7.33. The second kappa shape index (κ2) is 7.35. The van der Waals surface area contributed by atoms with Crippen molar-refractivity contribution in [2.75, 3.05) is 32.7 Å². The van der Waals surface area contributed by atoms with Crippen LogP contribution in [0.2, 0.25) is 0 Å². The van der Waals surface area contributed by atoms with Crippen LogP contribution >= 0.6 is 0 Å². The van der Waals surface area contributed by atoms with Gasteiger partial charge in [0.25, 0.3) is 0 Å². The van der Waals surface area contributed by atoms with Gasteiger partial charge in [-0.1, -0.05) is 38.5 Å². The number of likely N-dealkylation sites (tertiary alicyclic amines) is 2. The lowest BCUT2D eigenvalue weighted by Gasteiger charge is -2.54. The smallest absolute Gasteiger partial charge is 0.231 e. The van der Waals surface area contributed by atoms with Gasteiger partial charge in [0.05, 0.1) is 5.41 Å². The number of hydrogen-bond donors (Lipinski definition) is 0. The van der Waals surface area contributed by atoms with E-state index >= 15 is 0 Å². The summed E-state index contributed by atoms with van der Waals surface area (Å²) in [5.74, 6) is 2.20. The van der Waals surface area contributed by atoms with Gasteiger partial charge in [-0.2, -0.15) is 0 Å². The van der Waals surface area contributed by atoms with Crippen LogP contribution in [0.5, 0.6) is 0 Å². The molecular weight excluding hydrogens is 296 g/mol. The van der Waals surface area contributed by atoms with Gasteiger partial charge in [-0.15, -0.1) is 0 Å². The predicted octanol–water partition coefficient (Wildman–Crippen LogP) is 4.07. The molecule has 1 amide bonds. The average Bonchev–Trinajstić information content (AvgIpc) is 2.63. The van der Waals surface area contributed by atoms with E-state index in [4.69, 9.17) is 0 Å². The van der Waals surface area contributed by atoms with Gasteiger partial charge in [0.15, 0.2) is 0 Å². The molecule has 4 rings (SSSR count). The zero-order valence-corrected chi connectivity index (χ0v) is 15.5. The van der Waals surface area contributed by atoms with E-state index in [-0.39, 0.29) is 5.41 Å². The van der Waals surface area contributed by atoms with Crippen LogP contribution in [-0.4, -0.2) is 48.4 Å². The Morgan fingerprint density at radius 3 is 2.04 bits per heavy atom. The molecule has 2 saturated carbocycles. The van der Waals surface area contributed by atoms with Gasteiger partial charge in [0.2, 0.25) is 5.91 Å². The fraction of sp³-hybridized carbons (Fsp3) is 0.952. The Morgan fingerprint density at radius 1 is 0.792 bits per heavy atom. The first-order valence-electron chi connectivity index (χ1n) is 10.8. The number of carbonyl (C=O) groups is 1. The van der Waals surface area contributed by atoms with Gasteiger partial charge in [0, 0.05) is 26.2 Å². The number of nitrogens with zero attached hydrogens (tertiary/aromatic N) is 2. The van der Waals surface area contributed by atoms with E-state index in [0.717, 1.165) is 37.9 Å². The first-order valence-corrected chi connectivity index (χ1v) is 10.8. The van der Waals surface area contributed by atoms with Crippen LogP contribution in [0.1, 0.15) is 77.0 Å². The van der Waals surface area contributed by atoms with Crippen LogP contribution in [-0.2, 0) is 4.79 Å². The summed E-state index contributed by atoms with van der Waals surface area (Å²) >= 11 is 0. The Labute approximate surface area is 148 Å². The van der Waals surface area contributed by atoms with Gasteiger partial charge >= 0.3 is 0 Å². The Hall–Kier alpha value is -0.570. The van der Waals surface area contributed by atoms with E-state index < -0.39 is 0 Å². The van der Waals surface area contributed by atoms with Crippen molar-refractivity contribution in [1.82, 2.24) is 9.80 Å². The first-order chi connectivity index (χ1) is 11.8. The average molecular weight is 333 g/mol. The Balaban J connectivity index is 1.28. The van der Waals surface area contributed by atoms with Crippen molar-refractivity contribution in [3.05, 3.63) is 0 Å². The highest BCUT2D eigenvalue weighted by Crippen LogP contribution is 2.42. The van der Waals surface area contributed by atoms with Gasteiger partial charge in [-0.05, 0) is 56.9 Å². The molecular formula is C21H36N2O. The largest absolute Gasteiger partial charge is 0.341 e. The molecule has 2 heterocycles. The molecule has 3 nitrogen and oxygen atoms in total. The summed E-state index contributed by atoms with van der Waals surface area (Å²) in [7, 11) is 0. The third kappa shape index (κ3) is 3.52. The summed E-state index contributed by atoms with van der Waals surface area (Å²) < 4.78 is 0. The fourth-order valence-corrected chi connectivity index (χ4v) is 6.00. The monoisotopic (exact) mass is 332 g/mol. The number of carbonyl (C=O) groups excluding carboxylic acids is 1. The highest BCUT2D eigenvalue weighted by molar-refractivity contribution is 5.89. The van der Waals surface area contributed by atoms with Crippen molar-refractivity contribution in [2.24, 2.45) is 17.3 Å². The minimum Gasteiger partial charge on any atom is -0.341 e. The van der Waals surface area contributed by atoms with Gasteiger partial charge < -0.3 is 9.80 Å². The summed E-state index contributed by atoms with van der Waals surface area (Å²) in [6, 6.07) is 0. The molecule has 4 fully saturated rings. The van der Waals surface area contributed by atoms with Crippen LogP contribution in [0.15, 0.2) is 0 Å². The maximum absolute atomic E-state index is 12.9. The summed E-state index contributed by atoms with van der Waals surface area (Å²) in [5.41, 5.74) is 0.0155. The molecule has 0 aromatic carbocycles. The van der Waals surface area contributed by atoms with Gasteiger partial charge in [-0.3, -0.25) is 4.79 Å². The molecule has 136 valence electrons. The number of β-lactam (4-membered cyclic amide) rings is 1. The molecule has 0 aromatic heterocycles. The van der Waals surface area contributed by atoms with Crippen LogP contribution < -0.4 is 0 Å². The van der Waals surface area contributed by atoms with Crippen LogP contribution in [0, 0.1) is 17.3 Å². The lowest BCUT2D eigenvalue weighted by atomic mass is 9.71. The maximum atomic E-state index is 12.9. The molecule has 2 saturated heterocycles. The fourth-order valence-electron chi connectivity index (χ4n) is 6.00. The summed E-state index contributed by atoms with van der Waals surface area (Å²) in [6.07, 6.45) is 16.4. The lowest BCUT2D eigenvalue weighted by Crippen LogP contribution is -2.67. The molecule has 0 aromatic rings. The second-order valence-electron chi connectivity index (χ2n) is 9.31. The zero-order valence-electron chi connectivity index (χ0n) is 15.5. The quantitative estimate of drug-likeness (QED) is 0.725. The van der Waals surface area contributed by atoms with Crippen LogP contribution in [0.25, 0.3) is 0 Å². The van der Waals surface area contributed by atoms with Crippen molar-refractivity contribution < 1.29 is 4.79 Å². The van der Waals surface area contributed by atoms with Crippen molar-refractivity contribution in [3.8, 4) is 0 Å². The van der Waals surface area contributed by atoms with Crippen LogP contribution in [0.3, 0.4) is 0 Å². The van der Waals surface area contributed by atoms with Crippen molar-refractivity contribution in [1.29, 1.82) is 0 Å². The van der Waals surface area contributed by atoms with Crippen molar-refractivity contribution in [3.63, 3.8) is 0 Å². The SMILES string of the molecule is O=C1N(CC2CCCCC2)CC12CCCN(CC1CCCCC1)C2. The molecule has 2 aliphatic heterocycles. The number of rotatable bonds is 4. The minimum absolute atomic E-state index is 0.0155. The molecule has 1 spiro atoms. The van der Waals surface area contributed by atoms with E-state index in [1.54, 1.807) is 0 Å². The standard InChI is InChI=1S/C21H36N2O/c24-20-21(17-23(20)15-19-10-5-2-6-11-19)12-7-13-22(16-21)14-18-8-3-1-4-9-18/h18-19H,1-17H2. The molecule has 2 aliphatic carbocycles. The first kappa shape index (κ1) is 16.9. The third-order valence-corrected chi connectivity index (χ3v) is 7.33. The van der Waals surface area contributed by atoms with Crippen molar-refractivity contribution >= 4 is 5.91 Å². The minimum atomic E-state index is 0.0155. The van der Waals surface area contributed by atoms with E-state index in [1.807, 2.05) is 0 Å². The number of hydrogen-bond acceptors (Lipinski definition) is 2. The summed E-state index contributed by atoms with van der Waals surface area (Å²) in [6.45, 7) is 5.67. The zero-order chi connectivity index (χ0) is 16.4. The molecule has 0 bridgehead atoms. The maximum Gasteiger partial charge on any atom is 0.231 e. The highest BCUT2D eigenvalue weighted by atomic mass is 16.2. The summed E-state index contributed by atoms with van der Waals surface area (Å²) in [4.78, 5) is 17.8. The van der Waals surface area contributed by atoms with Gasteiger partial charge in [0.1, 0.15) is 0 Å². The van der Waals surface area contributed by atoms with Crippen LogP contribution in [0.4, 0.5) is 0 Å². The topological polar surface area (TPSA) is 23.6 Å². The Kier molecular flexibility index (Phi) is 5.17. The van der Waals surface area contributed by atoms with Crippen molar-refractivity contribution in [2.45, 2.75) is 77.0 Å². The van der Waals surface area contributed by atoms with E-state index in [1.165, 1.54) is 83.7 Å². The Bertz CT molecular complexity index is 439. The molecule has 4 aliphatic rings. The van der Waals surface area contributed by atoms with E-state index in [9.17, 15) is 4.79 Å². The molecule has 1 unspecified atom stereocenters. The highest BCUT2D eigenvalue weighted by Gasteiger charge is 2.53. The van der Waals surface area contributed by atoms with Gasteiger partial charge in [-0.25, -0.2) is 0 Å². The van der Waals surface area contributed by atoms with E-state index in [0.29, 0.717) is 5.91 Å². The normalized spacial score (nSPS) is 33.8. The molecule has 0 N–H and O–H groups in total. The lowest BCUT2D eigenvalue weighted by molar-refractivity contribution is -0.168. The Morgan fingerprint density at radius 2 is 1.42 bits per heavy atom. The molecule has 24 heavy (non-hydrogen) atoms. The summed E-state index contributed by atoms with van der Waals surface area (Å²) in [5, 5.41) is 0. The molecule has 0 radical (unpaired) electrons. The molecule has 1 atom stereocenters. The predicted molar refractivity (Wildman–Crippen MR) is 97.8 cm³/mol. The molecule has 3 heteroatoms. The second-order valence-corrected chi connectivity index (χ2v) is 9.31. The van der Waals surface area contributed by atoms with E-state index in [2.05, 4.69) is 9.80 Å². The number of piperidine rings is 1.